The zero-order valence-electron chi connectivity index (χ0n) is 33.9. The van der Waals surface area contributed by atoms with E-state index < -0.39 is 0 Å². The maximum absolute atomic E-state index is 14.1. The molecule has 2 aliphatic heterocycles. The number of benzene rings is 6. The number of amides is 2. The second-order valence-corrected chi connectivity index (χ2v) is 19.7. The number of hydrogen-bond acceptors (Lipinski definition) is 10. The second kappa shape index (κ2) is 18.9. The molecule has 6 aromatic carbocycles. The lowest BCUT2D eigenvalue weighted by molar-refractivity contribution is -0.116. The summed E-state index contributed by atoms with van der Waals surface area (Å²) in [5.74, 6) is 1.76. The van der Waals surface area contributed by atoms with Gasteiger partial charge >= 0.3 is 0 Å². The molecule has 0 radical (unpaired) electrons. The molecule has 64 heavy (non-hydrogen) atoms. The van der Waals surface area contributed by atoms with E-state index in [1.807, 2.05) is 165 Å². The first-order valence-corrected chi connectivity index (χ1v) is 24.8. The highest BCUT2D eigenvalue weighted by atomic mass is 35.5. The Balaban J connectivity index is 0.850. The summed E-state index contributed by atoms with van der Waals surface area (Å²) in [6.07, 6.45) is 2.79. The first kappa shape index (κ1) is 42.5. The highest BCUT2D eigenvalue weighted by Gasteiger charge is 2.30. The van der Waals surface area contributed by atoms with Crippen LogP contribution in [0.5, 0.6) is 0 Å². The van der Waals surface area contributed by atoms with Gasteiger partial charge in [0, 0.05) is 53.8 Å². The lowest BCUT2D eigenvalue weighted by atomic mass is 10.1. The largest absolute Gasteiger partial charge is 0.278 e. The van der Waals surface area contributed by atoms with Crippen LogP contribution >= 0.6 is 70.2 Å². The summed E-state index contributed by atoms with van der Waals surface area (Å²) in [7, 11) is 0. The molecule has 0 atom stereocenters. The fraction of sp³-hybridized carbons (Fsp3) is 0.125. The molecule has 16 heteroatoms. The number of carbonyl (C=O) groups excluding carboxylic acids is 2. The minimum absolute atomic E-state index is 0.0506. The van der Waals surface area contributed by atoms with Crippen LogP contribution < -0.4 is 9.80 Å². The summed E-state index contributed by atoms with van der Waals surface area (Å²) >= 11 is 18.7. The van der Waals surface area contributed by atoms with Crippen LogP contribution in [0.15, 0.2) is 175 Å². The van der Waals surface area contributed by atoms with Crippen LogP contribution in [0.3, 0.4) is 0 Å². The number of fused-ring (bicyclic) bond motifs is 4. The molecule has 8 aromatic rings. The number of anilines is 4. The van der Waals surface area contributed by atoms with Crippen molar-refractivity contribution in [3.63, 3.8) is 0 Å². The lowest BCUT2D eigenvalue weighted by Crippen LogP contribution is -2.30. The van der Waals surface area contributed by atoms with Crippen LogP contribution in [0.25, 0.3) is 11.4 Å². The van der Waals surface area contributed by atoms with Gasteiger partial charge in [0.1, 0.15) is 11.6 Å². The van der Waals surface area contributed by atoms with Gasteiger partial charge in [0.2, 0.25) is 11.8 Å². The third-order valence-electron chi connectivity index (χ3n) is 10.6. The quantitative estimate of drug-likeness (QED) is 0.0820. The number of halogens is 2. The molecular formula is C48H36Cl2N8O2S4. The minimum Gasteiger partial charge on any atom is -0.278 e. The fourth-order valence-corrected chi connectivity index (χ4v) is 11.7. The summed E-state index contributed by atoms with van der Waals surface area (Å²) < 4.78 is 4.03. The molecule has 2 amide bonds. The van der Waals surface area contributed by atoms with E-state index in [0.717, 1.165) is 78.2 Å². The molecule has 0 N–H and O–H groups in total. The summed E-state index contributed by atoms with van der Waals surface area (Å²) in [5.41, 5.74) is 5.21. The van der Waals surface area contributed by atoms with Crippen LogP contribution in [-0.2, 0) is 22.4 Å². The second-order valence-electron chi connectivity index (χ2n) is 14.7. The van der Waals surface area contributed by atoms with E-state index >= 15 is 0 Å². The van der Waals surface area contributed by atoms with E-state index in [2.05, 4.69) is 20.4 Å². The highest BCUT2D eigenvalue weighted by molar-refractivity contribution is 8.00. The number of nitrogens with zero attached hydrogens (tertiary/aromatic N) is 8. The Hall–Kier alpha value is -5.48. The van der Waals surface area contributed by atoms with Crippen molar-refractivity contribution >= 4 is 105 Å². The molecule has 0 bridgehead atoms. The number of aryl methyl sites for hydroxylation is 2. The maximum atomic E-state index is 14.1. The molecule has 2 aliphatic rings. The zero-order chi connectivity index (χ0) is 43.6. The Labute approximate surface area is 396 Å². The molecule has 2 aromatic heterocycles. The summed E-state index contributed by atoms with van der Waals surface area (Å²) in [6.45, 7) is 0. The van der Waals surface area contributed by atoms with Crippen molar-refractivity contribution in [2.75, 3.05) is 21.3 Å². The van der Waals surface area contributed by atoms with E-state index in [4.69, 9.17) is 23.2 Å². The molecule has 0 saturated carbocycles. The van der Waals surface area contributed by atoms with E-state index in [1.165, 1.54) is 23.5 Å². The van der Waals surface area contributed by atoms with Gasteiger partial charge in [-0.2, -0.15) is 0 Å². The molecule has 10 rings (SSSR count). The predicted molar refractivity (Wildman–Crippen MR) is 259 cm³/mol. The molecule has 0 unspecified atom stereocenters. The van der Waals surface area contributed by atoms with Gasteiger partial charge in [-0.1, -0.05) is 119 Å². The predicted octanol–water partition coefficient (Wildman–Crippen LogP) is 12.6. The van der Waals surface area contributed by atoms with Gasteiger partial charge in [-0.05, 0) is 110 Å². The summed E-state index contributed by atoms with van der Waals surface area (Å²) in [5, 5.41) is 21.0. The van der Waals surface area contributed by atoms with Crippen molar-refractivity contribution in [3.8, 4) is 11.4 Å². The number of carbonyl (C=O) groups is 2. The average Bonchev–Trinajstić information content (AvgIpc) is 3.93. The number of unbranched alkanes of at least 4 members (excludes halogenated alkanes) is 1. The van der Waals surface area contributed by atoms with Crippen LogP contribution in [0, 0.1) is 0 Å². The van der Waals surface area contributed by atoms with Crippen molar-refractivity contribution in [2.45, 2.75) is 55.6 Å². The molecule has 0 spiro atoms. The van der Waals surface area contributed by atoms with Crippen molar-refractivity contribution in [3.05, 3.63) is 167 Å². The molecule has 318 valence electrons. The number of aromatic nitrogens is 6. The molecule has 0 saturated heterocycles. The SMILES string of the molecule is O=C(CSc1nnc(CCCCc2nnc(SCC(=O)N3c4ccccc4Sc4ccccc43)n2-c2ccc(Cl)cc2)n1-c1ccc(Cl)cc1)N1c2ccccc2Sc2ccccc21. The van der Waals surface area contributed by atoms with Crippen LogP contribution in [-0.4, -0.2) is 52.8 Å². The van der Waals surface area contributed by atoms with Crippen LogP contribution in [0.1, 0.15) is 24.5 Å². The molecule has 0 aliphatic carbocycles. The Kier molecular flexibility index (Phi) is 12.6. The van der Waals surface area contributed by atoms with Gasteiger partial charge in [-0.3, -0.25) is 28.5 Å². The van der Waals surface area contributed by atoms with E-state index in [1.54, 1.807) is 23.5 Å². The van der Waals surface area contributed by atoms with E-state index in [-0.39, 0.29) is 23.3 Å². The standard InChI is InChI=1S/C48H36Cl2N8O2S4/c49-31-21-25-33(26-22-31)55-43(51-53-47(55)61-29-45(59)57-35-11-1-5-15-39(35)63-40-16-6-2-12-36(40)57)19-9-10-20-44-52-54-48(56(44)34-27-23-32(50)24-28-34)62-30-46(60)58-37-13-3-7-17-41(37)64-42-18-8-4-14-38(42)58/h1-8,11-18,21-28H,9-10,19-20,29-30H2. The zero-order valence-corrected chi connectivity index (χ0v) is 38.7. The smallest absolute Gasteiger partial charge is 0.242 e. The van der Waals surface area contributed by atoms with Crippen molar-refractivity contribution in [1.29, 1.82) is 0 Å². The van der Waals surface area contributed by atoms with Gasteiger partial charge in [0.25, 0.3) is 0 Å². The minimum atomic E-state index is -0.0506. The first-order chi connectivity index (χ1) is 31.4. The van der Waals surface area contributed by atoms with E-state index in [0.29, 0.717) is 33.2 Å². The summed E-state index contributed by atoms with van der Waals surface area (Å²) in [4.78, 5) is 36.0. The molecule has 0 fully saturated rings. The van der Waals surface area contributed by atoms with Crippen molar-refractivity contribution in [2.24, 2.45) is 0 Å². The maximum Gasteiger partial charge on any atom is 0.242 e. The highest BCUT2D eigenvalue weighted by Crippen LogP contribution is 2.49. The fourth-order valence-electron chi connectivity index (χ4n) is 7.70. The number of thioether (sulfide) groups is 2. The number of hydrogen-bond donors (Lipinski definition) is 0. The normalized spacial score (nSPS) is 12.7. The Morgan fingerprint density at radius 2 is 0.781 bits per heavy atom. The van der Waals surface area contributed by atoms with Gasteiger partial charge in [0.05, 0.1) is 34.3 Å². The van der Waals surface area contributed by atoms with Crippen LogP contribution in [0.4, 0.5) is 22.7 Å². The van der Waals surface area contributed by atoms with E-state index in [9.17, 15) is 9.59 Å². The Morgan fingerprint density at radius 3 is 1.12 bits per heavy atom. The van der Waals surface area contributed by atoms with Crippen LogP contribution in [0.2, 0.25) is 10.0 Å². The molecule has 4 heterocycles. The van der Waals surface area contributed by atoms with Gasteiger partial charge in [0.15, 0.2) is 10.3 Å². The van der Waals surface area contributed by atoms with Crippen molar-refractivity contribution in [1.82, 2.24) is 29.5 Å². The summed E-state index contributed by atoms with van der Waals surface area (Å²) in [6, 6.07) is 47.1. The lowest BCUT2D eigenvalue weighted by Gasteiger charge is -2.30. The monoisotopic (exact) mass is 954 g/mol. The average molecular weight is 956 g/mol. The third kappa shape index (κ3) is 8.70. The Bertz CT molecular complexity index is 2720. The molecular weight excluding hydrogens is 920 g/mol. The van der Waals surface area contributed by atoms with Gasteiger partial charge < -0.3 is 0 Å². The third-order valence-corrected chi connectivity index (χ3v) is 15.2. The number of para-hydroxylation sites is 4. The first-order valence-electron chi connectivity index (χ1n) is 20.4. The topological polar surface area (TPSA) is 102 Å². The van der Waals surface area contributed by atoms with Crippen molar-refractivity contribution < 1.29 is 9.59 Å². The number of rotatable bonds is 13. The van der Waals surface area contributed by atoms with Gasteiger partial charge in [-0.25, -0.2) is 0 Å². The molecule has 10 nitrogen and oxygen atoms in total. The Morgan fingerprint density at radius 1 is 0.453 bits per heavy atom. The van der Waals surface area contributed by atoms with Gasteiger partial charge in [-0.15, -0.1) is 20.4 Å².